The summed E-state index contributed by atoms with van der Waals surface area (Å²) in [7, 11) is 0. The summed E-state index contributed by atoms with van der Waals surface area (Å²) in [6.45, 7) is 5.36. The first-order valence-corrected chi connectivity index (χ1v) is 7.65. The number of nitrogens with one attached hydrogen (secondary N) is 1. The van der Waals surface area contributed by atoms with Crippen molar-refractivity contribution in [2.75, 3.05) is 0 Å². The summed E-state index contributed by atoms with van der Waals surface area (Å²) in [5.41, 5.74) is 0.151. The molecular formula is C14H14ClFN2O2S. The summed E-state index contributed by atoms with van der Waals surface area (Å²) >= 11 is 4.26. The predicted molar refractivity (Wildman–Crippen MR) is 85.0 cm³/mol. The molecule has 0 bridgehead atoms. The largest absolute Gasteiger partial charge is 0.591 e. The Morgan fingerprint density at radius 1 is 1.38 bits per heavy atom. The van der Waals surface area contributed by atoms with Crippen LogP contribution in [0.5, 0.6) is 0 Å². The van der Waals surface area contributed by atoms with Crippen LogP contribution in [0.1, 0.15) is 26.3 Å². The topological polar surface area (TPSA) is 68.3 Å². The lowest BCUT2D eigenvalue weighted by Gasteiger charge is -2.17. The maximum absolute atomic E-state index is 13.3. The Hall–Kier alpha value is -1.37. The highest BCUT2D eigenvalue weighted by Crippen LogP contribution is 2.21. The van der Waals surface area contributed by atoms with Crippen molar-refractivity contribution in [3.63, 3.8) is 0 Å². The van der Waals surface area contributed by atoms with Crippen LogP contribution in [0.25, 0.3) is 10.9 Å². The summed E-state index contributed by atoms with van der Waals surface area (Å²) in [4.78, 5) is 14.4. The Morgan fingerprint density at radius 2 is 2.05 bits per heavy atom. The SMILES string of the molecule is CC(C)(C)[S+]([O-])N=Cc1cc2cc(Cl)c(F)cc2[nH]c1=O. The van der Waals surface area contributed by atoms with Crippen LogP contribution >= 0.6 is 11.6 Å². The molecule has 0 amide bonds. The molecule has 21 heavy (non-hydrogen) atoms. The van der Waals surface area contributed by atoms with Gasteiger partial charge in [-0.15, -0.1) is 0 Å². The number of hydrogen-bond acceptors (Lipinski definition) is 3. The number of hydrogen-bond donors (Lipinski definition) is 1. The van der Waals surface area contributed by atoms with Gasteiger partial charge in [0.25, 0.3) is 5.56 Å². The molecule has 0 radical (unpaired) electrons. The third kappa shape index (κ3) is 3.64. The van der Waals surface area contributed by atoms with Crippen LogP contribution in [0.15, 0.2) is 27.4 Å². The first kappa shape index (κ1) is 16.0. The van der Waals surface area contributed by atoms with Gasteiger partial charge < -0.3 is 9.54 Å². The molecule has 0 aliphatic carbocycles. The molecule has 1 heterocycles. The molecule has 0 fully saturated rings. The van der Waals surface area contributed by atoms with Crippen molar-refractivity contribution in [1.82, 2.24) is 4.98 Å². The molecule has 0 saturated heterocycles. The molecule has 0 spiro atoms. The van der Waals surface area contributed by atoms with E-state index in [1.807, 2.05) is 0 Å². The van der Waals surface area contributed by atoms with E-state index in [1.54, 1.807) is 20.8 Å². The van der Waals surface area contributed by atoms with Gasteiger partial charge >= 0.3 is 0 Å². The number of aromatic nitrogens is 1. The molecule has 4 nitrogen and oxygen atoms in total. The third-order valence-corrected chi connectivity index (χ3v) is 4.36. The minimum atomic E-state index is -1.46. The second-order valence-electron chi connectivity index (χ2n) is 5.50. The highest BCUT2D eigenvalue weighted by molar-refractivity contribution is 7.91. The number of halogens is 2. The van der Waals surface area contributed by atoms with Gasteiger partial charge in [0.1, 0.15) is 21.9 Å². The van der Waals surface area contributed by atoms with Crippen molar-refractivity contribution in [2.45, 2.75) is 25.5 Å². The normalized spacial score (nSPS) is 14.0. The first-order valence-electron chi connectivity index (χ1n) is 6.16. The van der Waals surface area contributed by atoms with E-state index >= 15 is 0 Å². The van der Waals surface area contributed by atoms with Crippen molar-refractivity contribution in [2.24, 2.45) is 4.40 Å². The Balaban J connectivity index is 2.46. The van der Waals surface area contributed by atoms with Crippen LogP contribution in [-0.2, 0) is 11.4 Å². The second kappa shape index (κ2) is 5.79. The summed E-state index contributed by atoms with van der Waals surface area (Å²) in [5.74, 6) is -0.602. The van der Waals surface area contributed by atoms with Crippen molar-refractivity contribution < 1.29 is 8.94 Å². The van der Waals surface area contributed by atoms with Gasteiger partial charge in [-0.2, -0.15) is 0 Å². The Labute approximate surface area is 129 Å². The van der Waals surface area contributed by atoms with Crippen molar-refractivity contribution in [3.8, 4) is 0 Å². The lowest BCUT2D eigenvalue weighted by molar-refractivity contribution is 0.562. The lowest BCUT2D eigenvalue weighted by atomic mass is 10.1. The van der Waals surface area contributed by atoms with Crippen molar-refractivity contribution in [3.05, 3.63) is 45.0 Å². The molecule has 1 aromatic heterocycles. The van der Waals surface area contributed by atoms with Crippen LogP contribution in [0.2, 0.25) is 5.02 Å². The van der Waals surface area contributed by atoms with Gasteiger partial charge in [0, 0.05) is 5.39 Å². The fourth-order valence-corrected chi connectivity index (χ4v) is 2.27. The smallest absolute Gasteiger partial charge is 0.257 e. The minimum absolute atomic E-state index is 0.0318. The molecular weight excluding hydrogens is 315 g/mol. The Kier molecular flexibility index (Phi) is 4.41. The van der Waals surface area contributed by atoms with Crippen molar-refractivity contribution in [1.29, 1.82) is 0 Å². The van der Waals surface area contributed by atoms with Crippen LogP contribution in [0, 0.1) is 5.82 Å². The van der Waals surface area contributed by atoms with E-state index in [0.29, 0.717) is 10.9 Å². The zero-order valence-corrected chi connectivity index (χ0v) is 13.3. The van der Waals surface area contributed by atoms with Crippen LogP contribution in [-0.4, -0.2) is 20.5 Å². The van der Waals surface area contributed by atoms with Crippen molar-refractivity contribution >= 4 is 40.1 Å². The molecule has 2 rings (SSSR count). The van der Waals surface area contributed by atoms with E-state index in [1.165, 1.54) is 18.3 Å². The van der Waals surface area contributed by atoms with E-state index in [0.717, 1.165) is 6.07 Å². The number of aromatic amines is 1. The number of pyridine rings is 1. The Bertz CT molecular complexity index is 768. The average Bonchev–Trinajstić information content (AvgIpc) is 2.37. The number of H-pyrrole nitrogens is 1. The summed E-state index contributed by atoms with van der Waals surface area (Å²) in [6.07, 6.45) is 1.26. The third-order valence-electron chi connectivity index (χ3n) is 2.73. The highest BCUT2D eigenvalue weighted by Gasteiger charge is 2.25. The van der Waals surface area contributed by atoms with Crippen LogP contribution in [0.4, 0.5) is 4.39 Å². The van der Waals surface area contributed by atoms with Gasteiger partial charge in [-0.1, -0.05) is 16.0 Å². The highest BCUT2D eigenvalue weighted by atomic mass is 35.5. The summed E-state index contributed by atoms with van der Waals surface area (Å²) < 4.78 is 28.6. The van der Waals surface area contributed by atoms with Gasteiger partial charge in [-0.05, 0) is 39.0 Å². The maximum atomic E-state index is 13.3. The molecule has 1 aromatic carbocycles. The van der Waals surface area contributed by atoms with Gasteiger partial charge in [-0.25, -0.2) is 4.39 Å². The second-order valence-corrected chi connectivity index (χ2v) is 7.84. The van der Waals surface area contributed by atoms with E-state index in [-0.39, 0.29) is 10.6 Å². The number of nitrogens with zero attached hydrogens (tertiary/aromatic N) is 1. The monoisotopic (exact) mass is 328 g/mol. The summed E-state index contributed by atoms with van der Waals surface area (Å²) in [5, 5.41) is 0.541. The average molecular weight is 329 g/mol. The number of fused-ring (bicyclic) bond motifs is 1. The molecule has 0 aliphatic heterocycles. The van der Waals surface area contributed by atoms with Gasteiger partial charge in [0.15, 0.2) is 0 Å². The van der Waals surface area contributed by atoms with E-state index in [9.17, 15) is 13.7 Å². The molecule has 1 N–H and O–H groups in total. The molecule has 0 saturated carbocycles. The van der Waals surface area contributed by atoms with E-state index in [2.05, 4.69) is 9.38 Å². The van der Waals surface area contributed by atoms with E-state index in [4.69, 9.17) is 11.6 Å². The quantitative estimate of drug-likeness (QED) is 0.679. The maximum Gasteiger partial charge on any atom is 0.257 e. The number of rotatable bonds is 2. The zero-order valence-electron chi connectivity index (χ0n) is 11.7. The van der Waals surface area contributed by atoms with Gasteiger partial charge in [0.05, 0.1) is 22.3 Å². The van der Waals surface area contributed by atoms with E-state index < -0.39 is 27.5 Å². The minimum Gasteiger partial charge on any atom is -0.591 e. The fourth-order valence-electron chi connectivity index (χ4n) is 1.58. The first-order chi connectivity index (χ1) is 9.68. The standard InChI is InChI=1S/C14H14ClFN2O2S/c1-14(2,3)21(20)17-7-9-4-8-5-10(15)11(16)6-12(8)18-13(9)19/h4-7H,1-3H3,(H,18,19). The predicted octanol–water partition coefficient (Wildman–Crippen LogP) is 3.20. The summed E-state index contributed by atoms with van der Waals surface area (Å²) in [6, 6.07) is 4.11. The lowest BCUT2D eigenvalue weighted by Crippen LogP contribution is -2.26. The van der Waals surface area contributed by atoms with Gasteiger partial charge in [0.2, 0.25) is 0 Å². The number of benzene rings is 1. The fraction of sp³-hybridized carbons (Fsp3) is 0.286. The Morgan fingerprint density at radius 3 is 2.67 bits per heavy atom. The van der Waals surface area contributed by atoms with Crippen LogP contribution < -0.4 is 5.56 Å². The molecule has 2 aromatic rings. The molecule has 1 unspecified atom stereocenters. The molecule has 1 atom stereocenters. The molecule has 7 heteroatoms. The van der Waals surface area contributed by atoms with Crippen LogP contribution in [0.3, 0.4) is 0 Å². The zero-order chi connectivity index (χ0) is 15.8. The molecule has 112 valence electrons. The van der Waals surface area contributed by atoms with Gasteiger partial charge in [-0.3, -0.25) is 4.79 Å². The molecule has 0 aliphatic rings.